The lowest BCUT2D eigenvalue weighted by Gasteiger charge is -2.22. The van der Waals surface area contributed by atoms with E-state index < -0.39 is 28.4 Å². The summed E-state index contributed by atoms with van der Waals surface area (Å²) in [6, 6.07) is 15.0. The highest BCUT2D eigenvalue weighted by atomic mass is 32.1. The third kappa shape index (κ3) is 4.28. The molecule has 4 aromatic rings. The smallest absolute Gasteiger partial charge is 0.301 e. The molecule has 192 valence electrons. The second-order valence-corrected chi connectivity index (χ2v) is 9.91. The third-order valence-corrected chi connectivity index (χ3v) is 7.31. The number of non-ortho nitro benzene ring substituents is 1. The minimum Gasteiger partial charge on any atom is -0.507 e. The molecule has 0 aliphatic carbocycles. The van der Waals surface area contributed by atoms with Gasteiger partial charge in [0.25, 0.3) is 11.5 Å². The van der Waals surface area contributed by atoms with Gasteiger partial charge in [-0.1, -0.05) is 29.5 Å². The zero-order chi connectivity index (χ0) is 27.1. The predicted molar refractivity (Wildman–Crippen MR) is 145 cm³/mol. The van der Waals surface area contributed by atoms with E-state index in [-0.39, 0.29) is 16.4 Å². The maximum absolute atomic E-state index is 13.5. The molecular formula is C28H23N3O6S. The minimum atomic E-state index is -1.12. The highest BCUT2D eigenvalue weighted by Crippen LogP contribution is 2.45. The number of nitro benzene ring substituents is 1. The molecule has 1 aliphatic rings. The lowest BCUT2D eigenvalue weighted by Crippen LogP contribution is -2.29. The molecule has 0 bridgehead atoms. The number of anilines is 1. The molecule has 1 N–H and O–H groups in total. The number of Topliss-reactive ketones (excluding diaryl/α,β-unsaturated/α-hetero) is 1. The summed E-state index contributed by atoms with van der Waals surface area (Å²) in [5, 5.41) is 23.1. The van der Waals surface area contributed by atoms with Gasteiger partial charge in [0, 0.05) is 17.7 Å². The standard InChI is InChI=1S/C28H23N3O6S/c1-4-37-20-10-8-17(9-11-20)25(32)22-24(18-6-5-7-19(14-18)31(35)36)30(27(34)26(22)33)28-29-23-16(3)12-15(2)13-21(23)38-28/h5-14,24,32H,4H2,1-3H3/b25-22+/t24-/m0/s1. The fourth-order valence-electron chi connectivity index (χ4n) is 4.65. The summed E-state index contributed by atoms with van der Waals surface area (Å²) >= 11 is 1.24. The second-order valence-electron chi connectivity index (χ2n) is 8.90. The fourth-order valence-corrected chi connectivity index (χ4v) is 5.82. The highest BCUT2D eigenvalue weighted by Gasteiger charge is 2.48. The molecule has 0 spiro atoms. The molecule has 5 rings (SSSR count). The molecule has 10 heteroatoms. The molecule has 1 amide bonds. The van der Waals surface area contributed by atoms with Gasteiger partial charge in [0.15, 0.2) is 5.13 Å². The highest BCUT2D eigenvalue weighted by molar-refractivity contribution is 7.22. The van der Waals surface area contributed by atoms with Gasteiger partial charge in [0.2, 0.25) is 0 Å². The molecule has 1 fully saturated rings. The number of hydrogen-bond acceptors (Lipinski definition) is 8. The summed E-state index contributed by atoms with van der Waals surface area (Å²) in [5.74, 6) is -1.58. The van der Waals surface area contributed by atoms with E-state index in [2.05, 4.69) is 4.98 Å². The molecule has 2 heterocycles. The van der Waals surface area contributed by atoms with Gasteiger partial charge in [0.05, 0.1) is 33.4 Å². The maximum Gasteiger partial charge on any atom is 0.301 e. The van der Waals surface area contributed by atoms with Crippen molar-refractivity contribution in [3.63, 3.8) is 0 Å². The van der Waals surface area contributed by atoms with Crippen LogP contribution in [0.4, 0.5) is 10.8 Å². The number of carbonyl (C=O) groups excluding carboxylic acids is 2. The molecule has 0 saturated carbocycles. The number of fused-ring (bicyclic) bond motifs is 1. The number of carbonyl (C=O) groups is 2. The van der Waals surface area contributed by atoms with Crippen molar-refractivity contribution in [1.29, 1.82) is 0 Å². The van der Waals surface area contributed by atoms with Crippen LogP contribution in [0.5, 0.6) is 5.75 Å². The van der Waals surface area contributed by atoms with E-state index in [9.17, 15) is 24.8 Å². The third-order valence-electron chi connectivity index (χ3n) is 6.30. The van der Waals surface area contributed by atoms with Gasteiger partial charge in [-0.3, -0.25) is 24.6 Å². The van der Waals surface area contributed by atoms with Crippen LogP contribution in [0.25, 0.3) is 16.0 Å². The monoisotopic (exact) mass is 529 g/mol. The van der Waals surface area contributed by atoms with Gasteiger partial charge in [-0.2, -0.15) is 0 Å². The van der Waals surface area contributed by atoms with Crippen LogP contribution in [-0.2, 0) is 9.59 Å². The average Bonchev–Trinajstić information content (AvgIpc) is 3.43. The van der Waals surface area contributed by atoms with Crippen LogP contribution in [0.3, 0.4) is 0 Å². The van der Waals surface area contributed by atoms with Crippen molar-refractivity contribution in [3.8, 4) is 5.75 Å². The zero-order valence-electron chi connectivity index (χ0n) is 20.8. The van der Waals surface area contributed by atoms with Crippen LogP contribution < -0.4 is 9.64 Å². The SMILES string of the molecule is CCOc1ccc(/C(O)=C2\C(=O)C(=O)N(c3nc4c(C)cc(C)cc4s3)[C@H]2c2cccc([N+](=O)[O-])c2)cc1. The number of nitro groups is 1. The number of hydrogen-bond donors (Lipinski definition) is 1. The van der Waals surface area contributed by atoms with Crippen LogP contribution in [0.1, 0.15) is 35.2 Å². The van der Waals surface area contributed by atoms with Gasteiger partial charge >= 0.3 is 5.91 Å². The van der Waals surface area contributed by atoms with Gasteiger partial charge in [-0.25, -0.2) is 4.98 Å². The molecule has 1 saturated heterocycles. The Morgan fingerprint density at radius 3 is 2.55 bits per heavy atom. The van der Waals surface area contributed by atoms with E-state index in [1.165, 1.54) is 34.4 Å². The number of thiazole rings is 1. The molecular weight excluding hydrogens is 506 g/mol. The van der Waals surface area contributed by atoms with Gasteiger partial charge in [-0.05, 0) is 67.8 Å². The summed E-state index contributed by atoms with van der Waals surface area (Å²) < 4.78 is 6.29. The summed E-state index contributed by atoms with van der Waals surface area (Å²) in [5.41, 5.74) is 2.87. The fraction of sp³-hybridized carbons (Fsp3) is 0.179. The lowest BCUT2D eigenvalue weighted by molar-refractivity contribution is -0.384. The average molecular weight is 530 g/mol. The molecule has 1 atom stereocenters. The van der Waals surface area contributed by atoms with Crippen molar-refractivity contribution in [1.82, 2.24) is 4.98 Å². The van der Waals surface area contributed by atoms with E-state index in [1.54, 1.807) is 30.3 Å². The van der Waals surface area contributed by atoms with Crippen LogP contribution >= 0.6 is 11.3 Å². The summed E-state index contributed by atoms with van der Waals surface area (Å²) in [6.07, 6.45) is 0. The summed E-state index contributed by atoms with van der Waals surface area (Å²) in [4.78, 5) is 43.8. The Labute approximate surface area is 221 Å². The Hall–Kier alpha value is -4.57. The van der Waals surface area contributed by atoms with Crippen molar-refractivity contribution in [2.45, 2.75) is 26.8 Å². The number of aryl methyl sites for hydroxylation is 2. The van der Waals surface area contributed by atoms with E-state index in [0.717, 1.165) is 15.8 Å². The van der Waals surface area contributed by atoms with Gasteiger partial charge < -0.3 is 9.84 Å². The van der Waals surface area contributed by atoms with Gasteiger partial charge in [0.1, 0.15) is 11.5 Å². The normalized spacial score (nSPS) is 16.8. The van der Waals surface area contributed by atoms with E-state index in [4.69, 9.17) is 4.74 Å². The second kappa shape index (κ2) is 9.71. The number of benzene rings is 3. The first kappa shape index (κ1) is 25.1. The van der Waals surface area contributed by atoms with Gasteiger partial charge in [-0.15, -0.1) is 0 Å². The Morgan fingerprint density at radius 2 is 1.87 bits per heavy atom. The van der Waals surface area contributed by atoms with E-state index in [0.29, 0.717) is 29.0 Å². The number of nitrogens with zero attached hydrogens (tertiary/aromatic N) is 3. The lowest BCUT2D eigenvalue weighted by atomic mass is 9.95. The summed E-state index contributed by atoms with van der Waals surface area (Å²) in [7, 11) is 0. The molecule has 0 radical (unpaired) electrons. The van der Waals surface area contributed by atoms with E-state index >= 15 is 0 Å². The van der Waals surface area contributed by atoms with E-state index in [1.807, 2.05) is 32.9 Å². The molecule has 0 unspecified atom stereocenters. The number of aliphatic hydroxyl groups is 1. The van der Waals surface area contributed by atoms with Crippen molar-refractivity contribution >= 4 is 49.8 Å². The van der Waals surface area contributed by atoms with Crippen LogP contribution in [0.2, 0.25) is 0 Å². The number of rotatable bonds is 6. The number of ether oxygens (including phenoxy) is 1. The molecule has 1 aliphatic heterocycles. The Balaban J connectivity index is 1.72. The van der Waals surface area contributed by atoms with Crippen molar-refractivity contribution in [2.24, 2.45) is 0 Å². The first-order valence-electron chi connectivity index (χ1n) is 11.9. The summed E-state index contributed by atoms with van der Waals surface area (Å²) in [6.45, 7) is 6.18. The Bertz CT molecular complexity index is 1640. The Kier molecular flexibility index (Phi) is 6.41. The van der Waals surface area contributed by atoms with Crippen molar-refractivity contribution < 1.29 is 24.4 Å². The number of amides is 1. The van der Waals surface area contributed by atoms with Crippen LogP contribution in [0.15, 0.2) is 66.2 Å². The molecule has 1 aromatic heterocycles. The zero-order valence-corrected chi connectivity index (χ0v) is 21.6. The Morgan fingerprint density at radius 1 is 1.13 bits per heavy atom. The largest absolute Gasteiger partial charge is 0.507 e. The van der Waals surface area contributed by atoms with Crippen LogP contribution in [0, 0.1) is 24.0 Å². The first-order valence-corrected chi connectivity index (χ1v) is 12.7. The quantitative estimate of drug-likeness (QED) is 0.109. The maximum atomic E-state index is 13.5. The molecule has 9 nitrogen and oxygen atoms in total. The number of aliphatic hydroxyl groups excluding tert-OH is 1. The number of ketones is 1. The first-order chi connectivity index (χ1) is 18.2. The topological polar surface area (TPSA) is 123 Å². The molecule has 38 heavy (non-hydrogen) atoms. The minimum absolute atomic E-state index is 0.174. The number of aromatic nitrogens is 1. The van der Waals surface area contributed by atoms with Crippen LogP contribution in [-0.4, -0.2) is 33.3 Å². The molecule has 3 aromatic carbocycles. The van der Waals surface area contributed by atoms with Crippen molar-refractivity contribution in [2.75, 3.05) is 11.5 Å². The van der Waals surface area contributed by atoms with Crippen molar-refractivity contribution in [3.05, 3.63) is 98.6 Å². The predicted octanol–water partition coefficient (Wildman–Crippen LogP) is 5.85.